The molecule has 1 unspecified atom stereocenters. The monoisotopic (exact) mass is 239 g/mol. The molecule has 4 N–H and O–H groups in total. The second kappa shape index (κ2) is 6.59. The third-order valence-corrected chi connectivity index (χ3v) is 2.67. The summed E-state index contributed by atoms with van der Waals surface area (Å²) in [6.07, 6.45) is -0.310. The largest absolute Gasteiger partial charge is 0.452 e. The minimum Gasteiger partial charge on any atom is -0.452 e. The molecular weight excluding hydrogens is 222 g/mol. The van der Waals surface area contributed by atoms with Gasteiger partial charge in [-0.3, -0.25) is 0 Å². The van der Waals surface area contributed by atoms with Gasteiger partial charge in [0.1, 0.15) is 0 Å². The molecule has 0 saturated heterocycles. The fourth-order valence-corrected chi connectivity index (χ4v) is 1.70. The number of nitrogens with two attached hydrogens (primary N) is 1. The number of amides is 1. The molecule has 0 aliphatic rings. The molecule has 15 heavy (non-hydrogen) atoms. The average molecular weight is 239 g/mol. The summed E-state index contributed by atoms with van der Waals surface area (Å²) in [7, 11) is -2.74. The van der Waals surface area contributed by atoms with Crippen molar-refractivity contribution in [3.63, 3.8) is 0 Å². The molecule has 0 aliphatic carbocycles. The van der Waals surface area contributed by atoms with Gasteiger partial charge in [0.15, 0.2) is 0 Å². The lowest BCUT2D eigenvalue weighted by Gasteiger charge is -2.11. The summed E-state index contributed by atoms with van der Waals surface area (Å²) < 4.78 is 30.3. The van der Waals surface area contributed by atoms with Gasteiger partial charge in [0.2, 0.25) is 0 Å². The first-order chi connectivity index (χ1) is 6.91. The van der Waals surface area contributed by atoms with Gasteiger partial charge in [0.05, 0.1) is 7.11 Å². The molecule has 1 atom stereocenters. The average Bonchev–Trinajstić information content (AvgIpc) is 2.15. The van der Waals surface area contributed by atoms with Crippen molar-refractivity contribution in [2.45, 2.75) is 13.3 Å². The molecule has 0 radical (unpaired) electrons. The third kappa shape index (κ3) is 7.11. The maximum Gasteiger partial charge on any atom is 0.421 e. The van der Waals surface area contributed by atoms with E-state index in [-0.39, 0.29) is 12.5 Å². The van der Waals surface area contributed by atoms with Crippen LogP contribution >= 0.6 is 0 Å². The van der Waals surface area contributed by atoms with Gasteiger partial charge in [-0.2, -0.15) is 13.1 Å². The summed E-state index contributed by atoms with van der Waals surface area (Å²) in [5.41, 5.74) is 5.30. The molecule has 0 fully saturated rings. The SMILES string of the molecule is COC(=O)NS(=O)(=O)NCC(C)CCN. The molecule has 0 bridgehead atoms. The molecule has 0 aromatic heterocycles. The van der Waals surface area contributed by atoms with Gasteiger partial charge < -0.3 is 10.5 Å². The number of rotatable bonds is 6. The minimum absolute atomic E-state index is 0.115. The van der Waals surface area contributed by atoms with Gasteiger partial charge >= 0.3 is 16.3 Å². The molecule has 90 valence electrons. The lowest BCUT2D eigenvalue weighted by Crippen LogP contribution is -2.41. The van der Waals surface area contributed by atoms with Crippen LogP contribution in [0.5, 0.6) is 0 Å². The predicted molar refractivity (Wildman–Crippen MR) is 55.3 cm³/mol. The molecule has 0 saturated carbocycles. The smallest absolute Gasteiger partial charge is 0.421 e. The first kappa shape index (κ1) is 14.1. The topological polar surface area (TPSA) is 111 Å². The van der Waals surface area contributed by atoms with Gasteiger partial charge in [0.25, 0.3) is 0 Å². The first-order valence-corrected chi connectivity index (χ1v) is 5.95. The van der Waals surface area contributed by atoms with Crippen LogP contribution in [0, 0.1) is 5.92 Å². The van der Waals surface area contributed by atoms with Crippen LogP contribution in [0.4, 0.5) is 4.79 Å². The summed E-state index contributed by atoms with van der Waals surface area (Å²) in [6, 6.07) is 0. The van der Waals surface area contributed by atoms with Crippen molar-refractivity contribution >= 4 is 16.3 Å². The molecule has 8 heteroatoms. The van der Waals surface area contributed by atoms with Gasteiger partial charge in [0, 0.05) is 6.54 Å². The maximum absolute atomic E-state index is 11.2. The molecular formula is C7H17N3O4S. The van der Waals surface area contributed by atoms with E-state index in [1.165, 1.54) is 0 Å². The van der Waals surface area contributed by atoms with Crippen molar-refractivity contribution < 1.29 is 17.9 Å². The first-order valence-electron chi connectivity index (χ1n) is 4.46. The Kier molecular flexibility index (Phi) is 6.21. The lowest BCUT2D eigenvalue weighted by atomic mass is 10.1. The molecule has 0 rings (SSSR count). The summed E-state index contributed by atoms with van der Waals surface area (Å²) >= 11 is 0. The van der Waals surface area contributed by atoms with Crippen molar-refractivity contribution in [3.8, 4) is 0 Å². The van der Waals surface area contributed by atoms with Crippen LogP contribution in [-0.4, -0.2) is 34.7 Å². The van der Waals surface area contributed by atoms with E-state index in [1.54, 1.807) is 4.72 Å². The van der Waals surface area contributed by atoms with E-state index < -0.39 is 16.3 Å². The standard InChI is InChI=1S/C7H17N3O4S/c1-6(3-4-8)5-9-15(12,13)10-7(11)14-2/h6,9H,3-5,8H2,1-2H3,(H,10,11). The molecule has 0 aliphatic heterocycles. The zero-order chi connectivity index (χ0) is 11.9. The van der Waals surface area contributed by atoms with E-state index in [1.807, 2.05) is 6.92 Å². The number of methoxy groups -OCH3 is 1. The molecule has 7 nitrogen and oxygen atoms in total. The van der Waals surface area contributed by atoms with Crippen LogP contribution in [0.15, 0.2) is 0 Å². The fourth-order valence-electron chi connectivity index (χ4n) is 0.826. The Hall–Kier alpha value is -0.860. The quantitative estimate of drug-likeness (QED) is 0.560. The van der Waals surface area contributed by atoms with E-state index in [2.05, 4.69) is 9.46 Å². The summed E-state index contributed by atoms with van der Waals surface area (Å²) in [4.78, 5) is 10.6. The Bertz CT molecular complexity index is 291. The van der Waals surface area contributed by atoms with Crippen LogP contribution < -0.4 is 15.2 Å². The Morgan fingerprint density at radius 3 is 2.60 bits per heavy atom. The number of hydrogen-bond acceptors (Lipinski definition) is 5. The Morgan fingerprint density at radius 1 is 1.53 bits per heavy atom. The zero-order valence-corrected chi connectivity index (χ0v) is 9.63. The summed E-state index contributed by atoms with van der Waals surface area (Å²) in [5, 5.41) is 0. The normalized spacial score (nSPS) is 13.3. The number of carbonyl (C=O) groups excluding carboxylic acids is 1. The molecule has 0 heterocycles. The molecule has 0 spiro atoms. The van der Waals surface area contributed by atoms with Crippen LogP contribution in [-0.2, 0) is 14.9 Å². The van der Waals surface area contributed by atoms with Gasteiger partial charge in [-0.15, -0.1) is 0 Å². The number of carbonyl (C=O) groups is 1. The molecule has 1 amide bonds. The van der Waals surface area contributed by atoms with E-state index in [0.717, 1.165) is 7.11 Å². The highest BCUT2D eigenvalue weighted by Crippen LogP contribution is 1.97. The molecule has 0 aromatic rings. The van der Waals surface area contributed by atoms with Gasteiger partial charge in [-0.05, 0) is 18.9 Å². The number of ether oxygens (including phenoxy) is 1. The Balaban J connectivity index is 3.99. The Labute approximate surface area is 89.5 Å². The number of nitrogens with one attached hydrogen (secondary N) is 2. The second-order valence-corrected chi connectivity index (χ2v) is 4.63. The van der Waals surface area contributed by atoms with E-state index in [9.17, 15) is 13.2 Å². The maximum atomic E-state index is 11.2. The summed E-state index contributed by atoms with van der Waals surface area (Å²) in [5.74, 6) is 0.115. The van der Waals surface area contributed by atoms with Gasteiger partial charge in [-0.25, -0.2) is 9.52 Å². The lowest BCUT2D eigenvalue weighted by molar-refractivity contribution is 0.177. The minimum atomic E-state index is -3.82. The third-order valence-electron chi connectivity index (χ3n) is 1.68. The van der Waals surface area contributed by atoms with Crippen LogP contribution in [0.1, 0.15) is 13.3 Å². The van der Waals surface area contributed by atoms with Crippen molar-refractivity contribution in [2.24, 2.45) is 11.7 Å². The highest BCUT2D eigenvalue weighted by atomic mass is 32.2. The summed E-state index contributed by atoms with van der Waals surface area (Å²) in [6.45, 7) is 2.57. The van der Waals surface area contributed by atoms with Crippen molar-refractivity contribution in [1.82, 2.24) is 9.44 Å². The predicted octanol–water partition coefficient (Wildman–Crippen LogP) is -0.838. The van der Waals surface area contributed by atoms with Crippen molar-refractivity contribution in [1.29, 1.82) is 0 Å². The van der Waals surface area contributed by atoms with Crippen LogP contribution in [0.3, 0.4) is 0 Å². The highest BCUT2D eigenvalue weighted by Gasteiger charge is 2.14. The second-order valence-electron chi connectivity index (χ2n) is 3.13. The Morgan fingerprint density at radius 2 is 2.13 bits per heavy atom. The van der Waals surface area contributed by atoms with Gasteiger partial charge in [-0.1, -0.05) is 6.92 Å². The van der Waals surface area contributed by atoms with E-state index in [0.29, 0.717) is 13.0 Å². The van der Waals surface area contributed by atoms with Crippen molar-refractivity contribution in [2.75, 3.05) is 20.2 Å². The van der Waals surface area contributed by atoms with Crippen molar-refractivity contribution in [3.05, 3.63) is 0 Å². The fraction of sp³-hybridized carbons (Fsp3) is 0.857. The van der Waals surface area contributed by atoms with E-state index in [4.69, 9.17) is 5.73 Å². The van der Waals surface area contributed by atoms with Crippen LogP contribution in [0.25, 0.3) is 0 Å². The van der Waals surface area contributed by atoms with E-state index >= 15 is 0 Å². The highest BCUT2D eigenvalue weighted by molar-refractivity contribution is 7.88. The van der Waals surface area contributed by atoms with Crippen LogP contribution in [0.2, 0.25) is 0 Å². The molecule has 0 aromatic carbocycles. The number of hydrogen-bond donors (Lipinski definition) is 3. The zero-order valence-electron chi connectivity index (χ0n) is 8.82.